The number of nitrogens with one attached hydrogen (secondary N) is 1. The number of carbonyl (C=O) groups is 2. The van der Waals surface area contributed by atoms with Crippen molar-refractivity contribution < 1.29 is 14.3 Å². The maximum Gasteiger partial charge on any atom is 0.410 e. The molecular weight excluding hydrogens is 446 g/mol. The van der Waals surface area contributed by atoms with Gasteiger partial charge in [-0.2, -0.15) is 5.26 Å². The van der Waals surface area contributed by atoms with Crippen LogP contribution in [0.25, 0.3) is 0 Å². The van der Waals surface area contributed by atoms with E-state index in [4.69, 9.17) is 10.00 Å². The third-order valence-electron chi connectivity index (χ3n) is 4.84. The van der Waals surface area contributed by atoms with Crippen molar-refractivity contribution in [1.29, 1.82) is 5.26 Å². The molecule has 0 saturated carbocycles. The van der Waals surface area contributed by atoms with E-state index in [0.717, 1.165) is 10.0 Å². The molecule has 0 bridgehead atoms. The SMILES string of the molecule is CC(C)(C)OC(=O)N1C[C@H](C(=O)Nc2cccc(C#N)c2)[C@@H](c2cccc(Br)c2)C1. The van der Waals surface area contributed by atoms with Crippen LogP contribution < -0.4 is 5.32 Å². The van der Waals surface area contributed by atoms with Crippen LogP contribution in [0.5, 0.6) is 0 Å². The first-order valence-corrected chi connectivity index (χ1v) is 10.5. The van der Waals surface area contributed by atoms with Crippen molar-refractivity contribution in [3.8, 4) is 6.07 Å². The molecule has 2 amide bonds. The van der Waals surface area contributed by atoms with Crippen LogP contribution in [-0.2, 0) is 9.53 Å². The van der Waals surface area contributed by atoms with Crippen molar-refractivity contribution in [3.05, 3.63) is 64.1 Å². The predicted octanol–water partition coefficient (Wildman–Crippen LogP) is 4.91. The number of carbonyl (C=O) groups excluding carboxylic acids is 2. The summed E-state index contributed by atoms with van der Waals surface area (Å²) in [4.78, 5) is 27.4. The minimum absolute atomic E-state index is 0.172. The van der Waals surface area contributed by atoms with E-state index in [1.54, 1.807) is 29.2 Å². The van der Waals surface area contributed by atoms with Crippen molar-refractivity contribution >= 4 is 33.6 Å². The highest BCUT2D eigenvalue weighted by Gasteiger charge is 2.41. The van der Waals surface area contributed by atoms with Crippen LogP contribution in [-0.4, -0.2) is 35.6 Å². The van der Waals surface area contributed by atoms with Gasteiger partial charge >= 0.3 is 6.09 Å². The molecule has 1 aliphatic heterocycles. The van der Waals surface area contributed by atoms with Crippen LogP contribution in [0.3, 0.4) is 0 Å². The van der Waals surface area contributed by atoms with Gasteiger partial charge in [-0.3, -0.25) is 4.79 Å². The molecule has 0 unspecified atom stereocenters. The van der Waals surface area contributed by atoms with Crippen LogP contribution in [0, 0.1) is 17.2 Å². The van der Waals surface area contributed by atoms with E-state index in [-0.39, 0.29) is 18.4 Å². The summed E-state index contributed by atoms with van der Waals surface area (Å²) in [5.74, 6) is -0.812. The Morgan fingerprint density at radius 2 is 1.90 bits per heavy atom. The molecule has 1 heterocycles. The molecule has 1 fully saturated rings. The average molecular weight is 470 g/mol. The zero-order valence-electron chi connectivity index (χ0n) is 17.2. The van der Waals surface area contributed by atoms with E-state index in [2.05, 4.69) is 27.3 Å². The molecule has 7 heteroatoms. The quantitative estimate of drug-likeness (QED) is 0.691. The molecule has 3 rings (SSSR count). The van der Waals surface area contributed by atoms with E-state index in [1.807, 2.05) is 45.0 Å². The minimum Gasteiger partial charge on any atom is -0.444 e. The summed E-state index contributed by atoms with van der Waals surface area (Å²) in [6.45, 7) is 6.11. The van der Waals surface area contributed by atoms with Gasteiger partial charge in [0.1, 0.15) is 5.60 Å². The molecule has 2 aromatic carbocycles. The van der Waals surface area contributed by atoms with Crippen LogP contribution >= 0.6 is 15.9 Å². The van der Waals surface area contributed by atoms with E-state index in [1.165, 1.54) is 0 Å². The van der Waals surface area contributed by atoms with E-state index >= 15 is 0 Å². The van der Waals surface area contributed by atoms with Gasteiger partial charge in [0.15, 0.2) is 0 Å². The smallest absolute Gasteiger partial charge is 0.410 e. The Bertz CT molecular complexity index is 994. The number of anilines is 1. The zero-order chi connectivity index (χ0) is 21.9. The number of nitrogens with zero attached hydrogens (tertiary/aromatic N) is 2. The van der Waals surface area contributed by atoms with Gasteiger partial charge in [0.2, 0.25) is 5.91 Å². The first-order chi connectivity index (χ1) is 14.2. The van der Waals surface area contributed by atoms with Crippen molar-refractivity contribution in [2.45, 2.75) is 32.3 Å². The summed E-state index contributed by atoms with van der Waals surface area (Å²) in [6, 6.07) is 16.6. The van der Waals surface area contributed by atoms with E-state index < -0.39 is 17.6 Å². The molecule has 6 nitrogen and oxygen atoms in total. The zero-order valence-corrected chi connectivity index (χ0v) is 18.8. The largest absolute Gasteiger partial charge is 0.444 e. The van der Waals surface area contributed by atoms with Crippen LogP contribution in [0.2, 0.25) is 0 Å². The summed E-state index contributed by atoms with van der Waals surface area (Å²) in [7, 11) is 0. The van der Waals surface area contributed by atoms with Crippen LogP contribution in [0.1, 0.15) is 37.8 Å². The summed E-state index contributed by atoms with van der Waals surface area (Å²) < 4.78 is 6.43. The maximum atomic E-state index is 13.2. The summed E-state index contributed by atoms with van der Waals surface area (Å²) in [6.07, 6.45) is -0.427. The lowest BCUT2D eigenvalue weighted by atomic mass is 9.88. The molecular formula is C23H24BrN3O3. The highest BCUT2D eigenvalue weighted by Crippen LogP contribution is 2.35. The third-order valence-corrected chi connectivity index (χ3v) is 5.34. The molecule has 0 spiro atoms. The summed E-state index contributed by atoms with van der Waals surface area (Å²) in [5, 5.41) is 12.0. The fraction of sp³-hybridized carbons (Fsp3) is 0.348. The second-order valence-electron chi connectivity index (χ2n) is 8.34. The monoisotopic (exact) mass is 469 g/mol. The van der Waals surface area contributed by atoms with Gasteiger partial charge in [-0.25, -0.2) is 4.79 Å². The van der Waals surface area contributed by atoms with Gasteiger partial charge in [0, 0.05) is 29.2 Å². The number of hydrogen-bond donors (Lipinski definition) is 1. The Labute approximate surface area is 185 Å². The van der Waals surface area contributed by atoms with E-state index in [9.17, 15) is 9.59 Å². The number of ether oxygens (including phenoxy) is 1. The Morgan fingerprint density at radius 3 is 2.57 bits per heavy atom. The molecule has 1 saturated heterocycles. The van der Waals surface area contributed by atoms with Crippen molar-refractivity contribution in [1.82, 2.24) is 4.90 Å². The Balaban J connectivity index is 1.85. The Kier molecular flexibility index (Phi) is 6.47. The number of nitriles is 1. The second kappa shape index (κ2) is 8.88. The van der Waals surface area contributed by atoms with Crippen LogP contribution in [0.15, 0.2) is 53.0 Å². The molecule has 2 aromatic rings. The molecule has 1 N–H and O–H groups in total. The fourth-order valence-electron chi connectivity index (χ4n) is 3.52. The highest BCUT2D eigenvalue weighted by atomic mass is 79.9. The van der Waals surface area contributed by atoms with Gasteiger partial charge in [-0.15, -0.1) is 0 Å². The standard InChI is InChI=1S/C23H24BrN3O3/c1-23(2,3)30-22(29)27-13-19(16-7-5-8-17(24)11-16)20(14-27)21(28)26-18-9-4-6-15(10-18)12-25/h4-11,19-20H,13-14H2,1-3H3,(H,26,28)/t19-,20+/m1/s1. The van der Waals surface area contributed by atoms with Gasteiger partial charge in [0.05, 0.1) is 17.6 Å². The first kappa shape index (κ1) is 21.8. The minimum atomic E-state index is -0.611. The number of rotatable bonds is 3. The number of likely N-dealkylation sites (tertiary alicyclic amines) is 1. The Morgan fingerprint density at radius 1 is 1.17 bits per heavy atom. The lowest BCUT2D eigenvalue weighted by Gasteiger charge is -2.24. The molecule has 1 aliphatic rings. The topological polar surface area (TPSA) is 82.4 Å². The maximum absolute atomic E-state index is 13.2. The number of halogens is 1. The third kappa shape index (κ3) is 5.39. The van der Waals surface area contributed by atoms with Gasteiger partial charge in [-0.1, -0.05) is 34.1 Å². The fourth-order valence-corrected chi connectivity index (χ4v) is 3.94. The van der Waals surface area contributed by atoms with Gasteiger partial charge < -0.3 is 15.0 Å². The van der Waals surface area contributed by atoms with E-state index in [0.29, 0.717) is 17.8 Å². The lowest BCUT2D eigenvalue weighted by Crippen LogP contribution is -2.36. The highest BCUT2D eigenvalue weighted by molar-refractivity contribution is 9.10. The molecule has 2 atom stereocenters. The van der Waals surface area contributed by atoms with Crippen molar-refractivity contribution in [2.75, 3.05) is 18.4 Å². The van der Waals surface area contributed by atoms with Gasteiger partial charge in [-0.05, 0) is 56.7 Å². The van der Waals surface area contributed by atoms with Gasteiger partial charge in [0.25, 0.3) is 0 Å². The molecule has 0 aromatic heterocycles. The first-order valence-electron chi connectivity index (χ1n) is 9.71. The molecule has 156 valence electrons. The number of hydrogen-bond acceptors (Lipinski definition) is 4. The lowest BCUT2D eigenvalue weighted by molar-refractivity contribution is -0.119. The summed E-state index contributed by atoms with van der Waals surface area (Å²) >= 11 is 3.48. The molecule has 0 aliphatic carbocycles. The average Bonchev–Trinajstić information content (AvgIpc) is 3.13. The number of benzene rings is 2. The Hall–Kier alpha value is -2.85. The molecule has 0 radical (unpaired) electrons. The van der Waals surface area contributed by atoms with Crippen molar-refractivity contribution in [2.24, 2.45) is 5.92 Å². The predicted molar refractivity (Wildman–Crippen MR) is 118 cm³/mol. The van der Waals surface area contributed by atoms with Crippen molar-refractivity contribution in [3.63, 3.8) is 0 Å². The second-order valence-corrected chi connectivity index (χ2v) is 9.25. The molecule has 30 heavy (non-hydrogen) atoms. The normalized spacial score (nSPS) is 18.6. The summed E-state index contributed by atoms with van der Waals surface area (Å²) in [5.41, 5.74) is 1.39. The number of amides is 2. The van der Waals surface area contributed by atoms with Crippen LogP contribution in [0.4, 0.5) is 10.5 Å².